The van der Waals surface area contributed by atoms with Gasteiger partial charge < -0.3 is 15.2 Å². The molecule has 30 heavy (non-hydrogen) atoms. The average molecular weight is 408 g/mol. The van der Waals surface area contributed by atoms with Crippen molar-refractivity contribution < 1.29 is 11.3 Å². The van der Waals surface area contributed by atoms with Gasteiger partial charge >= 0.3 is 0 Å². The molecule has 2 aromatic heterocycles. The second-order valence-corrected chi connectivity index (χ2v) is 9.22. The van der Waals surface area contributed by atoms with Gasteiger partial charge in [0.1, 0.15) is 11.9 Å². The van der Waals surface area contributed by atoms with E-state index in [0.717, 1.165) is 24.0 Å². The summed E-state index contributed by atoms with van der Waals surface area (Å²) in [7, 11) is 0. The van der Waals surface area contributed by atoms with Crippen LogP contribution in [0.2, 0.25) is 0 Å². The quantitative estimate of drug-likeness (QED) is 0.596. The van der Waals surface area contributed by atoms with Gasteiger partial charge in [-0.3, -0.25) is 5.10 Å². The van der Waals surface area contributed by atoms with Crippen molar-refractivity contribution in [3.63, 3.8) is 0 Å². The highest BCUT2D eigenvalue weighted by Gasteiger charge is 2.46. The predicted molar refractivity (Wildman–Crippen MR) is 116 cm³/mol. The van der Waals surface area contributed by atoms with E-state index in [1.165, 1.54) is 19.3 Å². The minimum Gasteiger partial charge on any atom is -0.507 e. The number of ether oxygens (including phenoxy) is 1. The molecule has 3 aromatic rings. The number of piperidine rings is 2. The summed E-state index contributed by atoms with van der Waals surface area (Å²) in [5.74, 6) is 0.689. The second kappa shape index (κ2) is 7.09. The zero-order valence-corrected chi connectivity index (χ0v) is 17.4. The van der Waals surface area contributed by atoms with Crippen molar-refractivity contribution in [1.29, 1.82) is 0 Å². The van der Waals surface area contributed by atoms with Crippen LogP contribution in [0, 0.1) is 0 Å². The van der Waals surface area contributed by atoms with Gasteiger partial charge in [0.15, 0.2) is 0 Å². The molecule has 1 aromatic carbocycles. The lowest BCUT2D eigenvalue weighted by Crippen LogP contribution is -2.65. The minimum atomic E-state index is 0. The SMILES string of the molecule is C[C@]12CCC[C@](C)(CC(Oc3ccc(-c4ccc(-c5cn[nH]c5)cc4O)nn3)C1)N2.[HH]. The number of phenols is 1. The molecule has 0 spiro atoms. The first-order valence-electron chi connectivity index (χ1n) is 10.5. The van der Waals surface area contributed by atoms with Crippen molar-refractivity contribution in [2.75, 3.05) is 0 Å². The fraction of sp³-hybridized carbons (Fsp3) is 0.435. The lowest BCUT2D eigenvalue weighted by molar-refractivity contribution is 0.00727. The Hall–Kier alpha value is -2.93. The monoisotopic (exact) mass is 407 g/mol. The molecule has 3 N–H and O–H groups in total. The van der Waals surface area contributed by atoms with E-state index in [9.17, 15) is 5.11 Å². The zero-order valence-electron chi connectivity index (χ0n) is 17.4. The molecule has 1 unspecified atom stereocenters. The van der Waals surface area contributed by atoms with E-state index in [4.69, 9.17) is 4.74 Å². The number of phenolic OH excluding ortho intramolecular Hbond substituents is 1. The number of fused-ring (bicyclic) bond motifs is 2. The third kappa shape index (κ3) is 3.65. The Bertz CT molecular complexity index is 1020. The maximum atomic E-state index is 10.5. The van der Waals surface area contributed by atoms with Gasteiger partial charge in [0, 0.05) is 48.7 Å². The van der Waals surface area contributed by atoms with Crippen molar-refractivity contribution >= 4 is 0 Å². The number of H-pyrrole nitrogens is 1. The molecular weight excluding hydrogens is 378 g/mol. The van der Waals surface area contributed by atoms with Crippen LogP contribution in [0.1, 0.15) is 47.4 Å². The Labute approximate surface area is 177 Å². The first kappa shape index (κ1) is 19.1. The smallest absolute Gasteiger partial charge is 0.233 e. The fourth-order valence-electron chi connectivity index (χ4n) is 5.22. The van der Waals surface area contributed by atoms with Crippen molar-refractivity contribution in [1.82, 2.24) is 25.7 Å². The molecule has 158 valence electrons. The summed E-state index contributed by atoms with van der Waals surface area (Å²) >= 11 is 0. The summed E-state index contributed by atoms with van der Waals surface area (Å²) in [6.07, 6.45) is 9.22. The van der Waals surface area contributed by atoms with E-state index in [-0.39, 0.29) is 24.4 Å². The van der Waals surface area contributed by atoms with Crippen molar-refractivity contribution in [3.05, 3.63) is 42.7 Å². The number of aromatic hydroxyl groups is 1. The van der Waals surface area contributed by atoms with E-state index in [1.807, 2.05) is 24.3 Å². The van der Waals surface area contributed by atoms with Crippen LogP contribution < -0.4 is 10.1 Å². The molecule has 0 amide bonds. The van der Waals surface area contributed by atoms with E-state index < -0.39 is 0 Å². The topological polar surface area (TPSA) is 96.0 Å². The van der Waals surface area contributed by atoms with Crippen LogP contribution in [-0.4, -0.2) is 42.7 Å². The standard InChI is InChI=1S/C23H27N5O2.H2/c1-22-8-3-9-23(2,28-22)12-17(11-22)30-21-7-6-19(26-27-21)18-5-4-15(10-20(18)29)16-13-24-25-14-16;/h4-7,10,13-14,17,28-29H,3,8-9,11-12H2,1-2H3,(H,24,25);1H/t17?,22-,23+;. The first-order chi connectivity index (χ1) is 14.4. The third-order valence-corrected chi connectivity index (χ3v) is 6.45. The molecule has 7 nitrogen and oxygen atoms in total. The lowest BCUT2D eigenvalue weighted by Gasteiger charge is -2.53. The van der Waals surface area contributed by atoms with Gasteiger partial charge in [-0.05, 0) is 56.9 Å². The van der Waals surface area contributed by atoms with Gasteiger partial charge in [-0.2, -0.15) is 5.10 Å². The zero-order chi connectivity index (χ0) is 20.8. The van der Waals surface area contributed by atoms with Crippen LogP contribution >= 0.6 is 0 Å². The van der Waals surface area contributed by atoms with Gasteiger partial charge in [0.2, 0.25) is 5.88 Å². The largest absolute Gasteiger partial charge is 0.507 e. The van der Waals surface area contributed by atoms with Gasteiger partial charge in [0.05, 0.1) is 11.9 Å². The van der Waals surface area contributed by atoms with Crippen LogP contribution in [0.4, 0.5) is 0 Å². The van der Waals surface area contributed by atoms with Crippen LogP contribution in [0.5, 0.6) is 11.6 Å². The Balaban J connectivity index is 0.00000231. The van der Waals surface area contributed by atoms with Crippen molar-refractivity contribution in [3.8, 4) is 34.0 Å². The van der Waals surface area contributed by atoms with Crippen molar-refractivity contribution in [2.45, 2.75) is 63.1 Å². The molecule has 4 heterocycles. The molecule has 2 saturated heterocycles. The molecule has 0 aliphatic carbocycles. The van der Waals surface area contributed by atoms with Crippen LogP contribution in [0.3, 0.4) is 0 Å². The number of nitrogens with one attached hydrogen (secondary N) is 2. The molecule has 7 heteroatoms. The summed E-state index contributed by atoms with van der Waals surface area (Å²) in [4.78, 5) is 0. The Morgan fingerprint density at radius 1 is 1.07 bits per heavy atom. The van der Waals surface area contributed by atoms with Crippen LogP contribution in [-0.2, 0) is 0 Å². The van der Waals surface area contributed by atoms with E-state index >= 15 is 0 Å². The molecule has 2 aliphatic rings. The highest BCUT2D eigenvalue weighted by atomic mass is 16.5. The molecule has 2 aliphatic heterocycles. The Kier molecular flexibility index (Phi) is 4.50. The number of aromatic nitrogens is 4. The molecular formula is C23H29N5O2. The summed E-state index contributed by atoms with van der Waals surface area (Å²) in [5.41, 5.74) is 3.31. The second-order valence-electron chi connectivity index (χ2n) is 9.22. The van der Waals surface area contributed by atoms with Gasteiger partial charge in [-0.15, -0.1) is 10.2 Å². The van der Waals surface area contributed by atoms with Gasteiger partial charge in [-0.25, -0.2) is 0 Å². The molecule has 5 rings (SSSR count). The Morgan fingerprint density at radius 3 is 2.50 bits per heavy atom. The summed E-state index contributed by atoms with van der Waals surface area (Å²) in [6.45, 7) is 4.59. The summed E-state index contributed by atoms with van der Waals surface area (Å²) in [5, 5.41) is 29.6. The molecule has 2 bridgehead atoms. The molecule has 2 fully saturated rings. The lowest BCUT2D eigenvalue weighted by atomic mass is 9.70. The first-order valence-corrected chi connectivity index (χ1v) is 10.5. The summed E-state index contributed by atoms with van der Waals surface area (Å²) in [6, 6.07) is 9.18. The van der Waals surface area contributed by atoms with Gasteiger partial charge in [-0.1, -0.05) is 6.07 Å². The Morgan fingerprint density at radius 2 is 1.87 bits per heavy atom. The number of aromatic amines is 1. The molecule has 3 atom stereocenters. The highest BCUT2D eigenvalue weighted by molar-refractivity contribution is 5.73. The normalized spacial score (nSPS) is 28.3. The number of rotatable bonds is 4. The summed E-state index contributed by atoms with van der Waals surface area (Å²) < 4.78 is 6.22. The van der Waals surface area contributed by atoms with Crippen LogP contribution in [0.15, 0.2) is 42.7 Å². The highest BCUT2D eigenvalue weighted by Crippen LogP contribution is 2.41. The number of hydrogen-bond donors (Lipinski definition) is 3. The number of benzene rings is 1. The van der Waals surface area contributed by atoms with Gasteiger partial charge in [0.25, 0.3) is 0 Å². The number of nitrogens with zero attached hydrogens (tertiary/aromatic N) is 3. The van der Waals surface area contributed by atoms with Crippen molar-refractivity contribution in [2.24, 2.45) is 0 Å². The average Bonchev–Trinajstić information content (AvgIpc) is 3.22. The van der Waals surface area contributed by atoms with Crippen LogP contribution in [0.25, 0.3) is 22.4 Å². The molecule has 0 radical (unpaired) electrons. The predicted octanol–water partition coefficient (Wildman–Crippen LogP) is 4.32. The third-order valence-electron chi connectivity index (χ3n) is 6.45. The van der Waals surface area contributed by atoms with E-state index in [1.54, 1.807) is 18.5 Å². The van der Waals surface area contributed by atoms with E-state index in [2.05, 4.69) is 39.6 Å². The fourth-order valence-corrected chi connectivity index (χ4v) is 5.22. The maximum absolute atomic E-state index is 10.5. The maximum Gasteiger partial charge on any atom is 0.233 e. The number of hydrogen-bond acceptors (Lipinski definition) is 6. The minimum absolute atomic E-state index is 0. The van der Waals surface area contributed by atoms with E-state index in [0.29, 0.717) is 17.1 Å². The molecule has 0 saturated carbocycles.